The summed E-state index contributed by atoms with van der Waals surface area (Å²) < 4.78 is 5.26. The molecule has 1 aliphatic rings. The molecule has 2 aromatic carbocycles. The molecule has 0 bridgehead atoms. The Labute approximate surface area is 107 Å². The zero-order valence-electron chi connectivity index (χ0n) is 9.88. The maximum Gasteiger partial charge on any atom is 0.344 e. The third-order valence-electron chi connectivity index (χ3n) is 3.45. The average molecular weight is 251 g/mol. The monoisotopic (exact) mass is 251 g/mol. The van der Waals surface area contributed by atoms with Crippen molar-refractivity contribution in [1.29, 1.82) is 0 Å². The molecule has 1 N–H and O–H groups in total. The fourth-order valence-electron chi connectivity index (χ4n) is 2.53. The highest BCUT2D eigenvalue weighted by molar-refractivity contribution is 6.07. The predicted octanol–water partition coefficient (Wildman–Crippen LogP) is 2.58. The van der Waals surface area contributed by atoms with Gasteiger partial charge in [-0.3, -0.25) is 4.99 Å². The molecule has 0 radical (unpaired) electrons. The topological polar surface area (TPSA) is 62.8 Å². The Hall–Kier alpha value is -2.62. The van der Waals surface area contributed by atoms with Gasteiger partial charge in [0.2, 0.25) is 0 Å². The summed E-state index contributed by atoms with van der Waals surface area (Å²) in [6, 6.07) is 8.60. The summed E-state index contributed by atoms with van der Waals surface area (Å²) >= 11 is 0. The van der Waals surface area contributed by atoms with Crippen molar-refractivity contribution >= 4 is 28.0 Å². The molecule has 4 rings (SSSR count). The lowest BCUT2D eigenvalue weighted by atomic mass is 10.0. The molecule has 3 aromatic rings. The Balaban J connectivity index is 2.25. The number of hydrogen-bond donors (Lipinski definition) is 1. The maximum atomic E-state index is 12.0. The van der Waals surface area contributed by atoms with Gasteiger partial charge < -0.3 is 9.52 Å². The van der Waals surface area contributed by atoms with Crippen LogP contribution in [0.25, 0.3) is 21.7 Å². The molecule has 0 saturated heterocycles. The Morgan fingerprint density at radius 3 is 2.89 bits per heavy atom. The van der Waals surface area contributed by atoms with Crippen molar-refractivity contribution in [3.63, 3.8) is 0 Å². The molecule has 92 valence electrons. The van der Waals surface area contributed by atoms with E-state index in [4.69, 9.17) is 4.42 Å². The second kappa shape index (κ2) is 3.45. The van der Waals surface area contributed by atoms with Gasteiger partial charge in [0, 0.05) is 23.1 Å². The molecule has 1 aliphatic heterocycles. The molecule has 19 heavy (non-hydrogen) atoms. The first-order valence-electron chi connectivity index (χ1n) is 5.95. The summed E-state index contributed by atoms with van der Waals surface area (Å²) in [5, 5.41) is 11.7. The van der Waals surface area contributed by atoms with Crippen LogP contribution in [0.1, 0.15) is 11.1 Å². The normalized spacial score (nSPS) is 13.3. The Morgan fingerprint density at radius 1 is 1.11 bits per heavy atom. The Kier molecular flexibility index (Phi) is 1.87. The van der Waals surface area contributed by atoms with E-state index in [0.717, 1.165) is 21.9 Å². The van der Waals surface area contributed by atoms with Crippen LogP contribution in [-0.2, 0) is 6.54 Å². The highest BCUT2D eigenvalue weighted by Gasteiger charge is 2.13. The summed E-state index contributed by atoms with van der Waals surface area (Å²) in [5.41, 5.74) is 2.08. The smallest absolute Gasteiger partial charge is 0.344 e. The molecule has 0 unspecified atom stereocenters. The molecular formula is C15H9NO3. The summed E-state index contributed by atoms with van der Waals surface area (Å²) in [6.45, 7) is 0.609. The minimum Gasteiger partial charge on any atom is -0.508 e. The highest BCUT2D eigenvalue weighted by Crippen LogP contribution is 2.28. The number of hydrogen-bond acceptors (Lipinski definition) is 4. The first-order chi connectivity index (χ1) is 9.22. The van der Waals surface area contributed by atoms with Crippen molar-refractivity contribution in [2.24, 2.45) is 4.99 Å². The highest BCUT2D eigenvalue weighted by atomic mass is 16.4. The molecule has 0 saturated carbocycles. The van der Waals surface area contributed by atoms with Crippen molar-refractivity contribution < 1.29 is 9.52 Å². The van der Waals surface area contributed by atoms with Crippen molar-refractivity contribution in [3.05, 3.63) is 51.9 Å². The fraction of sp³-hybridized carbons (Fsp3) is 0.0667. The minimum absolute atomic E-state index is 0.0812. The zero-order chi connectivity index (χ0) is 13.0. The van der Waals surface area contributed by atoms with E-state index in [1.165, 1.54) is 6.07 Å². The minimum atomic E-state index is -0.386. The maximum absolute atomic E-state index is 12.0. The zero-order valence-corrected chi connectivity index (χ0v) is 9.88. The van der Waals surface area contributed by atoms with Crippen LogP contribution in [0.5, 0.6) is 5.75 Å². The number of aromatic hydroxyl groups is 1. The van der Waals surface area contributed by atoms with Crippen molar-refractivity contribution in [2.45, 2.75) is 6.54 Å². The summed E-state index contributed by atoms with van der Waals surface area (Å²) in [6.07, 6.45) is 1.82. The molecule has 0 atom stereocenters. The average Bonchev–Trinajstić information content (AvgIpc) is 2.84. The van der Waals surface area contributed by atoms with E-state index < -0.39 is 0 Å². The van der Waals surface area contributed by atoms with Gasteiger partial charge in [-0.25, -0.2) is 4.79 Å². The van der Waals surface area contributed by atoms with Gasteiger partial charge in [-0.15, -0.1) is 0 Å². The van der Waals surface area contributed by atoms with E-state index >= 15 is 0 Å². The van der Waals surface area contributed by atoms with Gasteiger partial charge in [-0.2, -0.15) is 0 Å². The third kappa shape index (κ3) is 1.40. The van der Waals surface area contributed by atoms with Crippen molar-refractivity contribution in [3.8, 4) is 5.75 Å². The van der Waals surface area contributed by atoms with Gasteiger partial charge in [0.05, 0.1) is 11.9 Å². The van der Waals surface area contributed by atoms with Crippen LogP contribution in [0.4, 0.5) is 0 Å². The van der Waals surface area contributed by atoms with Crippen LogP contribution in [0.2, 0.25) is 0 Å². The lowest BCUT2D eigenvalue weighted by molar-refractivity contribution is 0.473. The molecular weight excluding hydrogens is 242 g/mol. The fourth-order valence-corrected chi connectivity index (χ4v) is 2.53. The Morgan fingerprint density at radius 2 is 2.00 bits per heavy atom. The van der Waals surface area contributed by atoms with Crippen LogP contribution in [0.15, 0.2) is 44.5 Å². The first kappa shape index (κ1) is 10.3. The number of rotatable bonds is 0. The van der Waals surface area contributed by atoms with Crippen molar-refractivity contribution in [2.75, 3.05) is 0 Å². The number of benzene rings is 2. The lowest BCUT2D eigenvalue weighted by Gasteiger charge is -2.05. The van der Waals surface area contributed by atoms with Gasteiger partial charge >= 0.3 is 5.63 Å². The SMILES string of the molecule is O=c1oc2cc(O)ccc2c2cc3c(cc12)CN=C3. The molecule has 0 spiro atoms. The van der Waals surface area contributed by atoms with E-state index in [1.807, 2.05) is 18.3 Å². The van der Waals surface area contributed by atoms with E-state index in [0.29, 0.717) is 17.5 Å². The van der Waals surface area contributed by atoms with Gasteiger partial charge in [-0.05, 0) is 35.4 Å². The largest absolute Gasteiger partial charge is 0.508 e. The second-order valence-electron chi connectivity index (χ2n) is 4.64. The van der Waals surface area contributed by atoms with Crippen LogP contribution in [0.3, 0.4) is 0 Å². The molecule has 0 amide bonds. The van der Waals surface area contributed by atoms with Crippen LogP contribution >= 0.6 is 0 Å². The second-order valence-corrected chi connectivity index (χ2v) is 4.64. The molecule has 1 aromatic heterocycles. The quantitative estimate of drug-likeness (QED) is 0.493. The molecule has 2 heterocycles. The number of aliphatic imine (C=N–C) groups is 1. The number of phenolic OH excluding ortho intramolecular Hbond substituents is 1. The van der Waals surface area contributed by atoms with Crippen LogP contribution in [0, 0.1) is 0 Å². The predicted molar refractivity (Wildman–Crippen MR) is 73.0 cm³/mol. The summed E-state index contributed by atoms with van der Waals surface area (Å²) in [7, 11) is 0. The van der Waals surface area contributed by atoms with Crippen LogP contribution in [-0.4, -0.2) is 11.3 Å². The van der Waals surface area contributed by atoms with Gasteiger partial charge in [0.25, 0.3) is 0 Å². The Bertz CT molecular complexity index is 922. The molecule has 0 fully saturated rings. The number of nitrogens with zero attached hydrogens (tertiary/aromatic N) is 1. The lowest BCUT2D eigenvalue weighted by Crippen LogP contribution is -2.01. The van der Waals surface area contributed by atoms with Crippen molar-refractivity contribution in [1.82, 2.24) is 0 Å². The number of phenols is 1. The molecule has 4 nitrogen and oxygen atoms in total. The van der Waals surface area contributed by atoms with Gasteiger partial charge in [0.1, 0.15) is 11.3 Å². The third-order valence-corrected chi connectivity index (χ3v) is 3.45. The van der Waals surface area contributed by atoms with E-state index in [2.05, 4.69) is 4.99 Å². The molecule has 0 aliphatic carbocycles. The van der Waals surface area contributed by atoms with E-state index in [9.17, 15) is 9.90 Å². The first-order valence-corrected chi connectivity index (χ1v) is 5.95. The molecule has 4 heteroatoms. The van der Waals surface area contributed by atoms with E-state index in [-0.39, 0.29) is 11.4 Å². The summed E-state index contributed by atoms with van der Waals surface area (Å²) in [5.74, 6) is 0.0812. The van der Waals surface area contributed by atoms with Crippen LogP contribution < -0.4 is 5.63 Å². The van der Waals surface area contributed by atoms with Gasteiger partial charge in [0.15, 0.2) is 0 Å². The van der Waals surface area contributed by atoms with E-state index in [1.54, 1.807) is 12.1 Å². The number of fused-ring (bicyclic) bond motifs is 4. The summed E-state index contributed by atoms with van der Waals surface area (Å²) in [4.78, 5) is 16.2. The van der Waals surface area contributed by atoms with Gasteiger partial charge in [-0.1, -0.05) is 0 Å². The standard InChI is InChI=1S/C15H9NO3/c17-10-1-2-11-12-3-8-6-16-7-9(8)4-13(12)15(18)19-14(11)5-10/h1-6,17H,7H2.